The van der Waals surface area contributed by atoms with Gasteiger partial charge < -0.3 is 5.32 Å². The molecule has 0 fully saturated rings. The van der Waals surface area contributed by atoms with E-state index in [9.17, 15) is 9.59 Å². The van der Waals surface area contributed by atoms with Crippen LogP contribution >= 0.6 is 11.8 Å². The minimum atomic E-state index is -0.0852. The van der Waals surface area contributed by atoms with Crippen LogP contribution in [-0.4, -0.2) is 17.4 Å². The molecule has 0 spiro atoms. The molecule has 0 aromatic rings. The van der Waals surface area contributed by atoms with Crippen molar-refractivity contribution in [2.75, 3.05) is 5.75 Å². The standard InChI is InChI=1S/C11H14N2O2S/c1-3-8(14)6-16-11-9(5-12)7(2)4-10(15)13-11/h7H,3-4,6H2,1-2H3,(H,13,15). The van der Waals surface area contributed by atoms with Crippen LogP contribution in [0.25, 0.3) is 0 Å². The van der Waals surface area contributed by atoms with Crippen molar-refractivity contribution < 1.29 is 9.59 Å². The van der Waals surface area contributed by atoms with Crippen molar-refractivity contribution in [2.24, 2.45) is 5.92 Å². The molecule has 5 heteroatoms. The molecule has 1 amide bonds. The molecule has 1 heterocycles. The van der Waals surface area contributed by atoms with Crippen molar-refractivity contribution in [3.05, 3.63) is 10.6 Å². The van der Waals surface area contributed by atoms with Gasteiger partial charge in [-0.05, 0) is 0 Å². The first-order valence-electron chi connectivity index (χ1n) is 5.17. The number of thioether (sulfide) groups is 1. The van der Waals surface area contributed by atoms with E-state index in [4.69, 9.17) is 5.26 Å². The smallest absolute Gasteiger partial charge is 0.225 e. The van der Waals surface area contributed by atoms with E-state index in [2.05, 4.69) is 11.4 Å². The molecule has 0 aromatic carbocycles. The van der Waals surface area contributed by atoms with Gasteiger partial charge in [-0.1, -0.05) is 25.6 Å². The molecule has 0 saturated heterocycles. The zero-order valence-electron chi connectivity index (χ0n) is 9.37. The van der Waals surface area contributed by atoms with E-state index in [0.717, 1.165) is 0 Å². The van der Waals surface area contributed by atoms with Crippen LogP contribution in [0.15, 0.2) is 10.6 Å². The second-order valence-electron chi connectivity index (χ2n) is 3.69. The molecule has 0 bridgehead atoms. The van der Waals surface area contributed by atoms with Crippen LogP contribution < -0.4 is 5.32 Å². The molecule has 0 aliphatic carbocycles. The molecule has 1 rings (SSSR count). The Balaban J connectivity index is 2.77. The van der Waals surface area contributed by atoms with Crippen molar-refractivity contribution in [1.82, 2.24) is 5.32 Å². The Kier molecular flexibility index (Phi) is 4.56. The SMILES string of the molecule is CCC(=O)CSC1=C(C#N)C(C)CC(=O)N1. The van der Waals surface area contributed by atoms with Crippen molar-refractivity contribution in [3.8, 4) is 6.07 Å². The van der Waals surface area contributed by atoms with E-state index in [-0.39, 0.29) is 17.6 Å². The molecule has 1 aliphatic rings. The lowest BCUT2D eigenvalue weighted by molar-refractivity contribution is -0.121. The Labute approximate surface area is 99.1 Å². The van der Waals surface area contributed by atoms with Crippen LogP contribution in [0.3, 0.4) is 0 Å². The van der Waals surface area contributed by atoms with E-state index in [1.807, 2.05) is 6.92 Å². The van der Waals surface area contributed by atoms with Crippen molar-refractivity contribution >= 4 is 23.5 Å². The summed E-state index contributed by atoms with van der Waals surface area (Å²) in [4.78, 5) is 22.5. The number of hydrogen-bond acceptors (Lipinski definition) is 4. The number of hydrogen-bond donors (Lipinski definition) is 1. The molecule has 0 aromatic heterocycles. The molecule has 0 saturated carbocycles. The number of Topliss-reactive ketones (excluding diaryl/α,β-unsaturated/α-hetero) is 1. The summed E-state index contributed by atoms with van der Waals surface area (Å²) in [5.41, 5.74) is 0.577. The summed E-state index contributed by atoms with van der Waals surface area (Å²) in [5, 5.41) is 12.2. The van der Waals surface area contributed by atoms with Crippen LogP contribution in [0.1, 0.15) is 26.7 Å². The summed E-state index contributed by atoms with van der Waals surface area (Å²) in [6.07, 6.45) is 0.820. The fraction of sp³-hybridized carbons (Fsp3) is 0.545. The molecule has 1 N–H and O–H groups in total. The highest BCUT2D eigenvalue weighted by molar-refractivity contribution is 8.03. The number of allylic oxidation sites excluding steroid dienone is 1. The Morgan fingerprint density at radius 3 is 2.94 bits per heavy atom. The fourth-order valence-electron chi connectivity index (χ4n) is 1.38. The zero-order valence-corrected chi connectivity index (χ0v) is 10.2. The van der Waals surface area contributed by atoms with Gasteiger partial charge in [0.15, 0.2) is 0 Å². The van der Waals surface area contributed by atoms with E-state index in [0.29, 0.717) is 29.2 Å². The third kappa shape index (κ3) is 3.11. The lowest BCUT2D eigenvalue weighted by Crippen LogP contribution is -2.30. The minimum absolute atomic E-state index is 0.0574. The topological polar surface area (TPSA) is 70.0 Å². The summed E-state index contributed by atoms with van der Waals surface area (Å²) < 4.78 is 0. The predicted octanol–water partition coefficient (Wildman–Crippen LogP) is 1.59. The number of amides is 1. The highest BCUT2D eigenvalue weighted by atomic mass is 32.2. The highest BCUT2D eigenvalue weighted by Crippen LogP contribution is 2.28. The summed E-state index contributed by atoms with van der Waals surface area (Å²) in [6, 6.07) is 2.10. The summed E-state index contributed by atoms with van der Waals surface area (Å²) in [7, 11) is 0. The fourth-order valence-corrected chi connectivity index (χ4v) is 2.48. The van der Waals surface area contributed by atoms with Crippen LogP contribution in [0.4, 0.5) is 0 Å². The van der Waals surface area contributed by atoms with Crippen LogP contribution in [0.2, 0.25) is 0 Å². The van der Waals surface area contributed by atoms with Gasteiger partial charge in [0, 0.05) is 18.8 Å². The Morgan fingerprint density at radius 1 is 1.69 bits per heavy atom. The molecular formula is C11H14N2O2S. The summed E-state index contributed by atoms with van der Waals surface area (Å²) in [6.45, 7) is 3.64. The van der Waals surface area contributed by atoms with Gasteiger partial charge in [-0.3, -0.25) is 9.59 Å². The molecule has 86 valence electrons. The third-order valence-electron chi connectivity index (χ3n) is 2.37. The quantitative estimate of drug-likeness (QED) is 0.807. The number of nitriles is 1. The number of rotatable bonds is 4. The molecular weight excluding hydrogens is 224 g/mol. The van der Waals surface area contributed by atoms with Gasteiger partial charge in [0.1, 0.15) is 5.78 Å². The van der Waals surface area contributed by atoms with Crippen LogP contribution in [0.5, 0.6) is 0 Å². The Morgan fingerprint density at radius 2 is 2.38 bits per heavy atom. The van der Waals surface area contributed by atoms with Crippen molar-refractivity contribution in [3.63, 3.8) is 0 Å². The number of carbonyl (C=O) groups is 2. The van der Waals surface area contributed by atoms with Crippen LogP contribution in [0, 0.1) is 17.2 Å². The normalized spacial score (nSPS) is 20.3. The van der Waals surface area contributed by atoms with E-state index in [1.165, 1.54) is 11.8 Å². The van der Waals surface area contributed by atoms with Crippen molar-refractivity contribution in [2.45, 2.75) is 26.7 Å². The van der Waals surface area contributed by atoms with E-state index >= 15 is 0 Å². The molecule has 1 atom stereocenters. The molecule has 16 heavy (non-hydrogen) atoms. The monoisotopic (exact) mass is 238 g/mol. The average Bonchev–Trinajstić information content (AvgIpc) is 2.25. The van der Waals surface area contributed by atoms with Gasteiger partial charge in [-0.15, -0.1) is 0 Å². The number of ketones is 1. The van der Waals surface area contributed by atoms with E-state index in [1.54, 1.807) is 6.92 Å². The van der Waals surface area contributed by atoms with Gasteiger partial charge in [-0.2, -0.15) is 5.26 Å². The van der Waals surface area contributed by atoms with Gasteiger partial charge in [-0.25, -0.2) is 0 Å². The van der Waals surface area contributed by atoms with Gasteiger partial charge >= 0.3 is 0 Å². The zero-order chi connectivity index (χ0) is 12.1. The van der Waals surface area contributed by atoms with Crippen molar-refractivity contribution in [1.29, 1.82) is 5.26 Å². The lowest BCUT2D eigenvalue weighted by Gasteiger charge is -2.21. The van der Waals surface area contributed by atoms with Gasteiger partial charge in [0.05, 0.1) is 22.4 Å². The lowest BCUT2D eigenvalue weighted by atomic mass is 9.96. The highest BCUT2D eigenvalue weighted by Gasteiger charge is 2.24. The molecule has 1 unspecified atom stereocenters. The second-order valence-corrected chi connectivity index (χ2v) is 4.67. The predicted molar refractivity (Wildman–Crippen MR) is 62.3 cm³/mol. The molecule has 0 radical (unpaired) electrons. The van der Waals surface area contributed by atoms with Crippen LogP contribution in [-0.2, 0) is 9.59 Å². The number of carbonyl (C=O) groups excluding carboxylic acids is 2. The first-order chi connectivity index (χ1) is 7.58. The van der Waals surface area contributed by atoms with Gasteiger partial charge in [0.25, 0.3) is 0 Å². The Hall–Kier alpha value is -1.28. The number of nitrogens with one attached hydrogen (secondary N) is 1. The summed E-state index contributed by atoms with van der Waals surface area (Å²) >= 11 is 1.25. The maximum absolute atomic E-state index is 11.3. The third-order valence-corrected chi connectivity index (χ3v) is 3.45. The average molecular weight is 238 g/mol. The minimum Gasteiger partial charge on any atom is -0.320 e. The largest absolute Gasteiger partial charge is 0.320 e. The van der Waals surface area contributed by atoms with Gasteiger partial charge in [0.2, 0.25) is 5.91 Å². The Bertz CT molecular complexity index is 382. The second kappa shape index (κ2) is 5.71. The van der Waals surface area contributed by atoms with E-state index < -0.39 is 0 Å². The first kappa shape index (κ1) is 12.8. The molecule has 1 aliphatic heterocycles. The number of nitrogens with zero attached hydrogens (tertiary/aromatic N) is 1. The molecule has 4 nitrogen and oxygen atoms in total. The maximum Gasteiger partial charge on any atom is 0.225 e. The summed E-state index contributed by atoms with van der Waals surface area (Å²) in [5.74, 6) is 0.280. The maximum atomic E-state index is 11.3. The first-order valence-corrected chi connectivity index (χ1v) is 6.15.